The van der Waals surface area contributed by atoms with Crippen molar-refractivity contribution in [3.05, 3.63) is 94.4 Å². The molecule has 8 nitrogen and oxygen atoms in total. The smallest absolute Gasteiger partial charge is 0.317 e. The van der Waals surface area contributed by atoms with Gasteiger partial charge in [0.15, 0.2) is 0 Å². The standard InChI is InChI=1S/C20H14N4O4/c25-19-18(21-20(26)23(19)15-5-2-1-3-6-15)13-17-7-4-12-22(17)14-8-10-16(11-9-14)24(27)28/h1-13H,(H,21,26)/b18-13+. The summed E-state index contributed by atoms with van der Waals surface area (Å²) in [5, 5.41) is 13.4. The maximum absolute atomic E-state index is 12.7. The molecular formula is C20H14N4O4. The molecule has 28 heavy (non-hydrogen) atoms. The molecule has 4 rings (SSSR count). The van der Waals surface area contributed by atoms with Gasteiger partial charge in [-0.2, -0.15) is 0 Å². The summed E-state index contributed by atoms with van der Waals surface area (Å²) in [6, 6.07) is 17.7. The number of amides is 3. The van der Waals surface area contributed by atoms with Gasteiger partial charge in [0, 0.05) is 29.7 Å². The highest BCUT2D eigenvalue weighted by Gasteiger charge is 2.34. The molecule has 3 aromatic rings. The molecule has 0 atom stereocenters. The summed E-state index contributed by atoms with van der Waals surface area (Å²) >= 11 is 0. The lowest BCUT2D eigenvalue weighted by atomic mass is 10.2. The van der Waals surface area contributed by atoms with Gasteiger partial charge in [-0.1, -0.05) is 18.2 Å². The summed E-state index contributed by atoms with van der Waals surface area (Å²) in [7, 11) is 0. The first-order chi connectivity index (χ1) is 13.5. The van der Waals surface area contributed by atoms with Crippen LogP contribution in [-0.4, -0.2) is 21.4 Å². The zero-order chi connectivity index (χ0) is 19.7. The number of aromatic nitrogens is 1. The van der Waals surface area contributed by atoms with Gasteiger partial charge in [-0.05, 0) is 42.5 Å². The number of carbonyl (C=O) groups excluding carboxylic acids is 2. The van der Waals surface area contributed by atoms with Crippen molar-refractivity contribution in [3.8, 4) is 5.69 Å². The molecule has 0 bridgehead atoms. The Labute approximate surface area is 159 Å². The number of nitrogens with zero attached hydrogens (tertiary/aromatic N) is 3. The van der Waals surface area contributed by atoms with E-state index in [9.17, 15) is 19.7 Å². The van der Waals surface area contributed by atoms with Crippen LogP contribution >= 0.6 is 0 Å². The summed E-state index contributed by atoms with van der Waals surface area (Å²) < 4.78 is 1.77. The fourth-order valence-electron chi connectivity index (χ4n) is 2.98. The maximum Gasteiger partial charge on any atom is 0.333 e. The highest BCUT2D eigenvalue weighted by Crippen LogP contribution is 2.23. The third-order valence-corrected chi connectivity index (χ3v) is 4.30. The summed E-state index contributed by atoms with van der Waals surface area (Å²) in [6.45, 7) is 0. The van der Waals surface area contributed by atoms with Crippen LogP contribution in [-0.2, 0) is 4.79 Å². The molecule has 1 fully saturated rings. The van der Waals surface area contributed by atoms with Crippen LogP contribution in [0.2, 0.25) is 0 Å². The molecule has 1 aliphatic rings. The Hall–Kier alpha value is -4.20. The molecule has 2 heterocycles. The third-order valence-electron chi connectivity index (χ3n) is 4.30. The quantitative estimate of drug-likeness (QED) is 0.327. The average molecular weight is 374 g/mol. The second-order valence-corrected chi connectivity index (χ2v) is 6.04. The number of carbonyl (C=O) groups is 2. The minimum absolute atomic E-state index is 0.00690. The van der Waals surface area contributed by atoms with Crippen molar-refractivity contribution in [3.63, 3.8) is 0 Å². The zero-order valence-electron chi connectivity index (χ0n) is 14.5. The maximum atomic E-state index is 12.7. The molecule has 138 valence electrons. The molecule has 8 heteroatoms. The summed E-state index contributed by atoms with van der Waals surface area (Å²) in [5.74, 6) is -0.451. The fraction of sp³-hybridized carbons (Fsp3) is 0. The Balaban J connectivity index is 1.66. The number of para-hydroxylation sites is 1. The average Bonchev–Trinajstić information content (AvgIpc) is 3.27. The van der Waals surface area contributed by atoms with Crippen LogP contribution in [0.3, 0.4) is 0 Å². The molecule has 1 saturated heterocycles. The predicted molar refractivity (Wildman–Crippen MR) is 103 cm³/mol. The number of anilines is 1. The normalized spacial score (nSPS) is 15.1. The van der Waals surface area contributed by atoms with Crippen molar-refractivity contribution < 1.29 is 14.5 Å². The van der Waals surface area contributed by atoms with Gasteiger partial charge >= 0.3 is 6.03 Å². The Morgan fingerprint density at radius 2 is 1.61 bits per heavy atom. The number of nitrogens with one attached hydrogen (secondary N) is 1. The van der Waals surface area contributed by atoms with Crippen LogP contribution in [0.25, 0.3) is 11.8 Å². The minimum Gasteiger partial charge on any atom is -0.317 e. The number of non-ortho nitro benzene ring substituents is 1. The van der Waals surface area contributed by atoms with E-state index in [0.717, 1.165) is 4.90 Å². The fourth-order valence-corrected chi connectivity index (χ4v) is 2.98. The van der Waals surface area contributed by atoms with Crippen molar-refractivity contribution in [1.29, 1.82) is 0 Å². The number of hydrogen-bond donors (Lipinski definition) is 1. The van der Waals surface area contributed by atoms with Gasteiger partial charge in [-0.15, -0.1) is 0 Å². The van der Waals surface area contributed by atoms with E-state index >= 15 is 0 Å². The summed E-state index contributed by atoms with van der Waals surface area (Å²) in [5.41, 5.74) is 1.97. The third kappa shape index (κ3) is 3.03. The molecule has 1 aliphatic heterocycles. The van der Waals surface area contributed by atoms with Gasteiger partial charge in [0.2, 0.25) is 0 Å². The highest BCUT2D eigenvalue weighted by atomic mass is 16.6. The Morgan fingerprint density at radius 3 is 2.29 bits per heavy atom. The highest BCUT2D eigenvalue weighted by molar-refractivity contribution is 6.28. The van der Waals surface area contributed by atoms with Gasteiger partial charge in [0.05, 0.1) is 10.6 Å². The Kier molecular flexibility index (Phi) is 4.21. The van der Waals surface area contributed by atoms with Crippen molar-refractivity contribution in [1.82, 2.24) is 9.88 Å². The first kappa shape index (κ1) is 17.2. The predicted octanol–water partition coefficient (Wildman–Crippen LogP) is 3.48. The molecule has 1 aromatic heterocycles. The second kappa shape index (κ2) is 6.84. The van der Waals surface area contributed by atoms with Gasteiger partial charge < -0.3 is 9.88 Å². The number of hydrogen-bond acceptors (Lipinski definition) is 4. The van der Waals surface area contributed by atoms with Crippen LogP contribution in [0.4, 0.5) is 16.2 Å². The first-order valence-corrected chi connectivity index (χ1v) is 8.39. The number of benzene rings is 2. The molecule has 2 aromatic carbocycles. The summed E-state index contributed by atoms with van der Waals surface area (Å²) in [6.07, 6.45) is 3.34. The molecular weight excluding hydrogens is 360 g/mol. The van der Waals surface area contributed by atoms with E-state index in [1.54, 1.807) is 71.4 Å². The number of nitro groups is 1. The topological polar surface area (TPSA) is 97.5 Å². The molecule has 0 unspecified atom stereocenters. The monoisotopic (exact) mass is 374 g/mol. The molecule has 0 spiro atoms. The number of nitro benzene ring substituents is 1. The Morgan fingerprint density at radius 1 is 0.893 bits per heavy atom. The van der Waals surface area contributed by atoms with Gasteiger partial charge in [-0.3, -0.25) is 14.9 Å². The van der Waals surface area contributed by atoms with Crippen molar-refractivity contribution in [2.75, 3.05) is 4.90 Å². The molecule has 0 aliphatic carbocycles. The molecule has 1 N–H and O–H groups in total. The lowest BCUT2D eigenvalue weighted by molar-refractivity contribution is -0.384. The lowest BCUT2D eigenvalue weighted by Gasteiger charge is -2.11. The van der Waals surface area contributed by atoms with Crippen LogP contribution in [0, 0.1) is 10.1 Å². The van der Waals surface area contributed by atoms with Gasteiger partial charge in [-0.25, -0.2) is 9.69 Å². The van der Waals surface area contributed by atoms with Crippen molar-refractivity contribution in [2.24, 2.45) is 0 Å². The number of imide groups is 1. The van der Waals surface area contributed by atoms with Crippen molar-refractivity contribution >= 4 is 29.4 Å². The largest absolute Gasteiger partial charge is 0.333 e. The van der Waals surface area contributed by atoms with Gasteiger partial charge in [0.25, 0.3) is 11.6 Å². The van der Waals surface area contributed by atoms with E-state index in [-0.39, 0.29) is 11.4 Å². The molecule has 0 radical (unpaired) electrons. The second-order valence-electron chi connectivity index (χ2n) is 6.04. The van der Waals surface area contributed by atoms with Crippen LogP contribution in [0.1, 0.15) is 5.69 Å². The number of rotatable bonds is 4. The van der Waals surface area contributed by atoms with E-state index < -0.39 is 16.9 Å². The number of urea groups is 1. The van der Waals surface area contributed by atoms with E-state index in [0.29, 0.717) is 17.1 Å². The minimum atomic E-state index is -0.518. The lowest BCUT2D eigenvalue weighted by Crippen LogP contribution is -2.30. The molecule has 3 amide bonds. The van der Waals surface area contributed by atoms with Crippen LogP contribution in [0.5, 0.6) is 0 Å². The van der Waals surface area contributed by atoms with E-state index in [1.165, 1.54) is 12.1 Å². The zero-order valence-corrected chi connectivity index (χ0v) is 14.5. The van der Waals surface area contributed by atoms with Crippen LogP contribution in [0.15, 0.2) is 78.6 Å². The summed E-state index contributed by atoms with van der Waals surface area (Å²) in [4.78, 5) is 36.4. The SMILES string of the molecule is O=C1N/C(=C/c2cccn2-c2ccc([N+](=O)[O-])cc2)C(=O)N1c1ccccc1. The van der Waals surface area contributed by atoms with E-state index in [4.69, 9.17) is 0 Å². The van der Waals surface area contributed by atoms with Gasteiger partial charge in [0.1, 0.15) is 5.70 Å². The molecule has 0 saturated carbocycles. The van der Waals surface area contributed by atoms with Crippen LogP contribution < -0.4 is 10.2 Å². The van der Waals surface area contributed by atoms with E-state index in [1.807, 2.05) is 0 Å². The first-order valence-electron chi connectivity index (χ1n) is 8.39. The van der Waals surface area contributed by atoms with Crippen molar-refractivity contribution in [2.45, 2.75) is 0 Å². The van der Waals surface area contributed by atoms with E-state index in [2.05, 4.69) is 5.32 Å². The Bertz CT molecular complexity index is 1100.